The average molecular weight is 357 g/mol. The Bertz CT molecular complexity index is 671. The number of carboxylic acids is 1. The summed E-state index contributed by atoms with van der Waals surface area (Å²) < 4.78 is 26.4. The van der Waals surface area contributed by atoms with Crippen molar-refractivity contribution in [2.24, 2.45) is 0 Å². The van der Waals surface area contributed by atoms with Gasteiger partial charge < -0.3 is 5.11 Å². The van der Waals surface area contributed by atoms with E-state index in [9.17, 15) is 13.4 Å². The molecule has 3 nitrogen and oxygen atoms in total. The second-order valence-electron chi connectivity index (χ2n) is 4.06. The maximum absolute atomic E-state index is 13.3. The van der Waals surface area contributed by atoms with E-state index >= 15 is 0 Å². The zero-order valence-corrected chi connectivity index (χ0v) is 12.6. The third-order valence-corrected chi connectivity index (χ3v) is 4.55. The van der Waals surface area contributed by atoms with E-state index in [1.807, 2.05) is 24.3 Å². The van der Waals surface area contributed by atoms with Gasteiger partial charge in [0.2, 0.25) is 0 Å². The summed E-state index contributed by atoms with van der Waals surface area (Å²) in [6.45, 7) is 0. The molecule has 2 aromatic carbocycles. The van der Waals surface area contributed by atoms with E-state index in [2.05, 4.69) is 15.9 Å². The first-order chi connectivity index (χ1) is 9.47. The van der Waals surface area contributed by atoms with E-state index in [0.717, 1.165) is 22.2 Å². The number of hydrogen-bond acceptors (Lipinski definition) is 2. The van der Waals surface area contributed by atoms with Crippen molar-refractivity contribution in [2.75, 3.05) is 0 Å². The Balaban J connectivity index is 2.23. The Kier molecular flexibility index (Phi) is 4.67. The van der Waals surface area contributed by atoms with Crippen LogP contribution in [0.15, 0.2) is 51.8 Å². The molecule has 0 aromatic heterocycles. The summed E-state index contributed by atoms with van der Waals surface area (Å²) in [6, 6.07) is 10.8. The predicted octanol–water partition coefficient (Wildman–Crippen LogP) is 3.59. The molecule has 0 saturated carbocycles. The molecule has 0 aliphatic rings. The van der Waals surface area contributed by atoms with Gasteiger partial charge in [0.05, 0.1) is 22.1 Å². The molecule has 0 aliphatic carbocycles. The molecular weight excluding hydrogens is 347 g/mol. The van der Waals surface area contributed by atoms with Gasteiger partial charge in [-0.15, -0.1) is 0 Å². The van der Waals surface area contributed by atoms with Gasteiger partial charge in [-0.2, -0.15) is 0 Å². The van der Waals surface area contributed by atoms with Crippen molar-refractivity contribution in [3.8, 4) is 0 Å². The number of halogens is 2. The molecule has 0 heterocycles. The lowest BCUT2D eigenvalue weighted by Crippen LogP contribution is -2.03. The fourth-order valence-electron chi connectivity index (χ4n) is 1.63. The topological polar surface area (TPSA) is 54.4 Å². The minimum atomic E-state index is -1.42. The lowest BCUT2D eigenvalue weighted by Gasteiger charge is -2.05. The quantitative estimate of drug-likeness (QED) is 0.910. The molecule has 0 saturated heterocycles. The molecule has 1 N–H and O–H groups in total. The third-order valence-electron chi connectivity index (χ3n) is 2.64. The van der Waals surface area contributed by atoms with E-state index in [1.54, 1.807) is 0 Å². The fraction of sp³-hybridized carbons (Fsp3) is 0.0714. The van der Waals surface area contributed by atoms with E-state index in [4.69, 9.17) is 5.11 Å². The van der Waals surface area contributed by atoms with Crippen molar-refractivity contribution < 1.29 is 18.5 Å². The van der Waals surface area contributed by atoms with E-state index in [-0.39, 0.29) is 5.75 Å². The number of rotatable bonds is 4. The molecule has 104 valence electrons. The monoisotopic (exact) mass is 356 g/mol. The molecule has 0 amide bonds. The molecule has 2 rings (SSSR count). The Morgan fingerprint density at radius 1 is 1.20 bits per heavy atom. The number of aromatic carboxylic acids is 1. The Morgan fingerprint density at radius 2 is 1.85 bits per heavy atom. The third kappa shape index (κ3) is 3.52. The molecule has 1 atom stereocenters. The first-order valence-corrected chi connectivity index (χ1v) is 7.74. The number of benzene rings is 2. The lowest BCUT2D eigenvalue weighted by atomic mass is 10.2. The first kappa shape index (κ1) is 14.9. The highest BCUT2D eigenvalue weighted by Crippen LogP contribution is 2.18. The van der Waals surface area contributed by atoms with Crippen LogP contribution in [0.3, 0.4) is 0 Å². The van der Waals surface area contributed by atoms with Gasteiger partial charge in [-0.25, -0.2) is 9.18 Å². The van der Waals surface area contributed by atoms with Gasteiger partial charge in [0.1, 0.15) is 5.82 Å². The fourth-order valence-corrected chi connectivity index (χ4v) is 3.02. The highest BCUT2D eigenvalue weighted by Gasteiger charge is 2.14. The van der Waals surface area contributed by atoms with Crippen LogP contribution in [-0.2, 0) is 16.6 Å². The van der Waals surface area contributed by atoms with Gasteiger partial charge in [0.25, 0.3) is 0 Å². The van der Waals surface area contributed by atoms with Crippen LogP contribution < -0.4 is 0 Å². The van der Waals surface area contributed by atoms with E-state index < -0.39 is 28.1 Å². The molecular formula is C14H10BrFO3S. The average Bonchev–Trinajstić information content (AvgIpc) is 2.41. The maximum atomic E-state index is 13.3. The summed E-state index contributed by atoms with van der Waals surface area (Å²) in [7, 11) is -1.42. The second-order valence-corrected chi connectivity index (χ2v) is 6.43. The lowest BCUT2D eigenvalue weighted by molar-refractivity contribution is 0.0691. The SMILES string of the molecule is O=C(O)c1cc(S(=O)Cc2ccc(Br)cc2)ccc1F. The molecule has 1 unspecified atom stereocenters. The summed E-state index contributed by atoms with van der Waals surface area (Å²) in [5, 5.41) is 8.85. The van der Waals surface area contributed by atoms with Crippen molar-refractivity contribution in [2.45, 2.75) is 10.6 Å². The summed E-state index contributed by atoms with van der Waals surface area (Å²) in [6.07, 6.45) is 0. The van der Waals surface area contributed by atoms with E-state index in [0.29, 0.717) is 4.90 Å². The standard InChI is InChI=1S/C14H10BrFO3S/c15-10-3-1-9(2-4-10)8-20(19)11-5-6-13(16)12(7-11)14(17)18/h1-7H,8H2,(H,17,18). The van der Waals surface area contributed by atoms with Crippen LogP contribution in [0.1, 0.15) is 15.9 Å². The number of carbonyl (C=O) groups is 1. The molecule has 0 spiro atoms. The molecule has 2 aromatic rings. The summed E-state index contributed by atoms with van der Waals surface area (Å²) in [5.74, 6) is -1.95. The highest BCUT2D eigenvalue weighted by atomic mass is 79.9. The Morgan fingerprint density at radius 3 is 2.45 bits per heavy atom. The van der Waals surface area contributed by atoms with E-state index in [1.165, 1.54) is 6.07 Å². The van der Waals surface area contributed by atoms with Gasteiger partial charge in [-0.1, -0.05) is 28.1 Å². The van der Waals surface area contributed by atoms with Crippen LogP contribution in [0.4, 0.5) is 4.39 Å². The molecule has 0 radical (unpaired) electrons. The van der Waals surface area contributed by atoms with Crippen LogP contribution >= 0.6 is 15.9 Å². The smallest absolute Gasteiger partial charge is 0.338 e. The van der Waals surface area contributed by atoms with Crippen LogP contribution in [0.25, 0.3) is 0 Å². The minimum absolute atomic E-state index is 0.248. The van der Waals surface area contributed by atoms with Gasteiger partial charge in [-0.3, -0.25) is 4.21 Å². The zero-order valence-electron chi connectivity index (χ0n) is 10.2. The van der Waals surface area contributed by atoms with Crippen LogP contribution in [0.5, 0.6) is 0 Å². The summed E-state index contributed by atoms with van der Waals surface area (Å²) in [5.41, 5.74) is 0.388. The zero-order chi connectivity index (χ0) is 14.7. The molecule has 0 aliphatic heterocycles. The second kappa shape index (κ2) is 6.28. The van der Waals surface area contributed by atoms with Crippen LogP contribution in [0, 0.1) is 5.82 Å². The van der Waals surface area contributed by atoms with Crippen molar-refractivity contribution >= 4 is 32.7 Å². The molecule has 6 heteroatoms. The predicted molar refractivity (Wildman–Crippen MR) is 77.6 cm³/mol. The van der Waals surface area contributed by atoms with Crippen molar-refractivity contribution in [3.05, 3.63) is 63.9 Å². The number of carboxylic acid groups (broad SMARTS) is 1. The summed E-state index contributed by atoms with van der Waals surface area (Å²) >= 11 is 3.31. The largest absolute Gasteiger partial charge is 0.478 e. The van der Waals surface area contributed by atoms with Crippen LogP contribution in [-0.4, -0.2) is 15.3 Å². The van der Waals surface area contributed by atoms with Crippen molar-refractivity contribution in [1.82, 2.24) is 0 Å². The molecule has 0 bridgehead atoms. The number of hydrogen-bond donors (Lipinski definition) is 1. The Hall–Kier alpha value is -1.53. The van der Waals surface area contributed by atoms with Gasteiger partial charge in [0, 0.05) is 9.37 Å². The van der Waals surface area contributed by atoms with Crippen LogP contribution in [0.2, 0.25) is 0 Å². The normalized spacial score (nSPS) is 12.1. The van der Waals surface area contributed by atoms with Gasteiger partial charge in [-0.05, 0) is 35.9 Å². The van der Waals surface area contributed by atoms with Gasteiger partial charge in [0.15, 0.2) is 0 Å². The van der Waals surface area contributed by atoms with Crippen molar-refractivity contribution in [3.63, 3.8) is 0 Å². The van der Waals surface area contributed by atoms with Gasteiger partial charge >= 0.3 is 5.97 Å². The first-order valence-electron chi connectivity index (χ1n) is 5.63. The highest BCUT2D eigenvalue weighted by molar-refractivity contribution is 9.10. The molecule has 20 heavy (non-hydrogen) atoms. The summed E-state index contributed by atoms with van der Waals surface area (Å²) in [4.78, 5) is 11.1. The minimum Gasteiger partial charge on any atom is -0.478 e. The maximum Gasteiger partial charge on any atom is 0.338 e. The molecule has 0 fully saturated rings. The Labute approximate surface area is 126 Å². The van der Waals surface area contributed by atoms with Crippen molar-refractivity contribution in [1.29, 1.82) is 0 Å².